The Morgan fingerprint density at radius 3 is 1.60 bits per heavy atom. The molecular weight excluding hydrogens is 703 g/mol. The van der Waals surface area contributed by atoms with Crippen LogP contribution in [0.15, 0.2) is 179 Å². The fourth-order valence-electron chi connectivity index (χ4n) is 6.11. The Kier molecular flexibility index (Phi) is 10.8. The lowest BCUT2D eigenvalue weighted by Crippen LogP contribution is -2.38. The number of carbonyl (C=O) groups excluding carboxylic acids is 1. The van der Waals surface area contributed by atoms with Crippen LogP contribution in [-0.4, -0.2) is 27.7 Å². The maximum Gasteiger partial charge on any atom is 0.360 e. The summed E-state index contributed by atoms with van der Waals surface area (Å²) < 4.78 is 6.09. The Bertz CT molecular complexity index is 2130. The second-order valence-electron chi connectivity index (χ2n) is 11.9. The molecule has 0 aliphatic carbocycles. The normalized spacial score (nSPS) is 12.2. The summed E-state index contributed by atoms with van der Waals surface area (Å²) in [5.74, 6) is -2.10. The van der Waals surface area contributed by atoms with Gasteiger partial charge < -0.3 is 20.0 Å². The lowest BCUT2D eigenvalue weighted by molar-refractivity contribution is -0.162. The lowest BCUT2D eigenvalue weighted by Gasteiger charge is -2.36. The van der Waals surface area contributed by atoms with Crippen molar-refractivity contribution in [3.63, 3.8) is 0 Å². The van der Waals surface area contributed by atoms with Crippen LogP contribution in [0, 0.1) is 0 Å². The van der Waals surface area contributed by atoms with Crippen molar-refractivity contribution < 1.29 is 24.3 Å². The zero-order chi connectivity index (χ0) is 36.5. The number of hydrogen-bond donors (Lipinski definition) is 2. The quantitative estimate of drug-likeness (QED) is 0.0496. The van der Waals surface area contributed by atoms with Crippen LogP contribution in [0.5, 0.6) is 0 Å². The van der Waals surface area contributed by atoms with Crippen LogP contribution >= 0.6 is 22.7 Å². The second-order valence-corrected chi connectivity index (χ2v) is 13.6. The highest BCUT2D eigenvalue weighted by atomic mass is 32.1. The van der Waals surface area contributed by atoms with E-state index in [9.17, 15) is 14.7 Å². The number of benzene rings is 5. The van der Waals surface area contributed by atoms with Crippen LogP contribution in [0.4, 0.5) is 5.13 Å². The van der Waals surface area contributed by atoms with Crippen molar-refractivity contribution in [3.05, 3.63) is 213 Å². The number of carboxylic acids is 1. The molecular formula is C43H33N3O5S2. The van der Waals surface area contributed by atoms with Crippen molar-refractivity contribution in [2.75, 3.05) is 5.32 Å². The molecule has 8 nitrogen and oxygen atoms in total. The number of nitrogens with one attached hydrogen (secondary N) is 1. The van der Waals surface area contributed by atoms with Gasteiger partial charge in [-0.05, 0) is 44.6 Å². The number of aliphatic carboxylic acids is 1. The molecule has 2 aromatic heterocycles. The van der Waals surface area contributed by atoms with Crippen molar-refractivity contribution >= 4 is 45.5 Å². The first kappa shape index (κ1) is 35.1. The first-order chi connectivity index (χ1) is 26.0. The van der Waals surface area contributed by atoms with E-state index in [0.29, 0.717) is 10.7 Å². The van der Waals surface area contributed by atoms with Gasteiger partial charge in [0.1, 0.15) is 11.2 Å². The van der Waals surface area contributed by atoms with E-state index in [1.54, 1.807) is 22.2 Å². The number of anilines is 1. The summed E-state index contributed by atoms with van der Waals surface area (Å²) in [6, 6.07) is 50.5. The summed E-state index contributed by atoms with van der Waals surface area (Å²) in [5, 5.41) is 23.6. The zero-order valence-corrected chi connectivity index (χ0v) is 29.8. The van der Waals surface area contributed by atoms with Gasteiger partial charge in [0.25, 0.3) is 0 Å². The van der Waals surface area contributed by atoms with Crippen molar-refractivity contribution in [2.45, 2.75) is 17.7 Å². The third kappa shape index (κ3) is 7.79. The molecule has 0 saturated carbocycles. The average molecular weight is 736 g/mol. The minimum Gasteiger partial charge on any atom is -0.476 e. The van der Waals surface area contributed by atoms with Gasteiger partial charge in [-0.1, -0.05) is 157 Å². The van der Waals surface area contributed by atoms with Crippen molar-refractivity contribution in [3.8, 4) is 0 Å². The number of esters is 1. The highest BCUT2D eigenvalue weighted by molar-refractivity contribution is 7.14. The number of ether oxygens (including phenoxy) is 1. The van der Waals surface area contributed by atoms with E-state index < -0.39 is 35.4 Å². The molecule has 10 heteroatoms. The highest BCUT2D eigenvalue weighted by Gasteiger charge is 2.37. The van der Waals surface area contributed by atoms with Crippen LogP contribution in [0.2, 0.25) is 0 Å². The van der Waals surface area contributed by atoms with Gasteiger partial charge in [-0.2, -0.15) is 11.3 Å². The predicted molar refractivity (Wildman–Crippen MR) is 208 cm³/mol. The number of carbonyl (C=O) groups is 2. The summed E-state index contributed by atoms with van der Waals surface area (Å²) in [7, 11) is 0. The van der Waals surface area contributed by atoms with Gasteiger partial charge in [-0.3, -0.25) is 0 Å². The first-order valence-corrected chi connectivity index (χ1v) is 18.6. The maximum atomic E-state index is 13.9. The van der Waals surface area contributed by atoms with Gasteiger partial charge in [-0.15, -0.1) is 11.3 Å². The van der Waals surface area contributed by atoms with E-state index in [4.69, 9.17) is 14.6 Å². The monoisotopic (exact) mass is 735 g/mol. The standard InChI is InChI=1S/C43H33N3O5S2/c47-40(48)37(46-51-39(32-26-27-52-28-32)41(49)50-38(30-16-6-1-7-17-30)31-18-8-2-9-19-31)36-29-53-42(44-36)45-43(33-20-10-3-11-21-33,34-22-12-4-13-23-34)35-24-14-5-15-25-35/h1-29,38-39H,(H,44,45)(H,47,48)/b46-37+. The molecule has 0 aliphatic heterocycles. The van der Waals surface area contributed by atoms with Gasteiger partial charge in [0.15, 0.2) is 11.2 Å². The summed E-state index contributed by atoms with van der Waals surface area (Å²) in [6.45, 7) is 0. The topological polar surface area (TPSA) is 110 Å². The minimum absolute atomic E-state index is 0.0666. The van der Waals surface area contributed by atoms with Crippen LogP contribution in [0.1, 0.15) is 51.3 Å². The molecule has 2 heterocycles. The third-order valence-corrected chi connectivity index (χ3v) is 10.1. The van der Waals surface area contributed by atoms with E-state index in [2.05, 4.69) is 10.5 Å². The second kappa shape index (κ2) is 16.3. The number of hydrogen-bond acceptors (Lipinski definition) is 9. The average Bonchev–Trinajstić information content (AvgIpc) is 3.92. The molecule has 53 heavy (non-hydrogen) atoms. The lowest BCUT2D eigenvalue weighted by atomic mass is 9.77. The number of nitrogens with zero attached hydrogens (tertiary/aromatic N) is 2. The summed E-state index contributed by atoms with van der Waals surface area (Å²) in [5.41, 5.74) is 3.64. The number of oxime groups is 1. The van der Waals surface area contributed by atoms with Crippen LogP contribution in [0.3, 0.4) is 0 Å². The highest BCUT2D eigenvalue weighted by Crippen LogP contribution is 2.41. The number of thiophene rings is 1. The fourth-order valence-corrected chi connectivity index (χ4v) is 7.53. The smallest absolute Gasteiger partial charge is 0.360 e. The molecule has 0 spiro atoms. The number of aromatic nitrogens is 1. The number of carboxylic acid groups (broad SMARTS) is 1. The van der Waals surface area contributed by atoms with Gasteiger partial charge in [-0.25, -0.2) is 14.6 Å². The van der Waals surface area contributed by atoms with E-state index in [-0.39, 0.29) is 5.69 Å². The molecule has 0 radical (unpaired) electrons. The molecule has 7 rings (SSSR count). The Hall–Kier alpha value is -6.36. The Balaban J connectivity index is 1.21. The van der Waals surface area contributed by atoms with Gasteiger partial charge >= 0.3 is 11.9 Å². The molecule has 5 aromatic carbocycles. The van der Waals surface area contributed by atoms with Crippen molar-refractivity contribution in [2.24, 2.45) is 5.16 Å². The molecule has 0 amide bonds. The van der Waals surface area contributed by atoms with Gasteiger partial charge in [0.05, 0.1) is 0 Å². The first-order valence-electron chi connectivity index (χ1n) is 16.7. The minimum atomic E-state index is -1.37. The predicted octanol–water partition coefficient (Wildman–Crippen LogP) is 9.49. The maximum absolute atomic E-state index is 13.9. The van der Waals surface area contributed by atoms with Gasteiger partial charge in [0.2, 0.25) is 11.8 Å². The summed E-state index contributed by atoms with van der Waals surface area (Å²) >= 11 is 2.60. The molecule has 1 unspecified atom stereocenters. The number of rotatable bonds is 14. The summed E-state index contributed by atoms with van der Waals surface area (Å²) in [6.07, 6.45) is -2.08. The Morgan fingerprint density at radius 1 is 0.660 bits per heavy atom. The fraction of sp³-hybridized carbons (Fsp3) is 0.0698. The van der Waals surface area contributed by atoms with Crippen LogP contribution in [-0.2, 0) is 24.7 Å². The van der Waals surface area contributed by atoms with E-state index in [0.717, 1.165) is 27.8 Å². The zero-order valence-electron chi connectivity index (χ0n) is 28.2. The largest absolute Gasteiger partial charge is 0.476 e. The summed E-state index contributed by atoms with van der Waals surface area (Å²) in [4.78, 5) is 37.1. The van der Waals surface area contributed by atoms with Crippen molar-refractivity contribution in [1.82, 2.24) is 4.98 Å². The third-order valence-electron chi connectivity index (χ3n) is 8.61. The van der Waals surface area contributed by atoms with E-state index >= 15 is 0 Å². The molecule has 0 saturated heterocycles. The number of thiazole rings is 1. The van der Waals surface area contributed by atoms with Gasteiger partial charge in [0, 0.05) is 10.9 Å². The molecule has 7 aromatic rings. The van der Waals surface area contributed by atoms with Crippen molar-refractivity contribution in [1.29, 1.82) is 0 Å². The molecule has 0 bridgehead atoms. The molecule has 1 atom stereocenters. The molecule has 0 aliphatic rings. The SMILES string of the molecule is O=C(O)/C(=N/OC(C(=O)OC(c1ccccc1)c1ccccc1)c1ccsc1)c1csc(NC(c2ccccc2)(c2ccccc2)c2ccccc2)n1. The Labute approximate surface area is 314 Å². The van der Waals surface area contributed by atoms with E-state index in [1.165, 1.54) is 22.7 Å². The molecule has 262 valence electrons. The van der Waals surface area contributed by atoms with Crippen LogP contribution in [0.25, 0.3) is 0 Å². The molecule has 0 fully saturated rings. The van der Waals surface area contributed by atoms with E-state index in [1.807, 2.05) is 152 Å². The Morgan fingerprint density at radius 2 is 1.15 bits per heavy atom. The van der Waals surface area contributed by atoms with Crippen LogP contribution < -0.4 is 5.32 Å². The molecule has 2 N–H and O–H groups in total.